The summed E-state index contributed by atoms with van der Waals surface area (Å²) in [6.07, 6.45) is 0.410. The summed E-state index contributed by atoms with van der Waals surface area (Å²) >= 11 is 2.00. The summed E-state index contributed by atoms with van der Waals surface area (Å²) in [6, 6.07) is 9.96. The Kier molecular flexibility index (Phi) is 10.4. The number of halogens is 1. The van der Waals surface area contributed by atoms with Gasteiger partial charge in [-0.1, -0.05) is 30.3 Å². The number of hydrogen-bond donors (Lipinski definition) is 2. The van der Waals surface area contributed by atoms with Gasteiger partial charge < -0.3 is 15.5 Å². The Morgan fingerprint density at radius 3 is 2.65 bits per heavy atom. The molecule has 0 bridgehead atoms. The van der Waals surface area contributed by atoms with Gasteiger partial charge in [0.25, 0.3) is 0 Å². The van der Waals surface area contributed by atoms with Crippen LogP contribution in [0.15, 0.2) is 35.3 Å². The van der Waals surface area contributed by atoms with Crippen LogP contribution in [0.1, 0.15) is 32.8 Å². The monoisotopic (exact) mass is 490 g/mol. The maximum Gasteiger partial charge on any atom is 0.222 e. The molecule has 1 aliphatic heterocycles. The highest BCUT2D eigenvalue weighted by Crippen LogP contribution is 2.29. The number of nitrogens with zero attached hydrogens (tertiary/aromatic N) is 2. The van der Waals surface area contributed by atoms with E-state index in [1.54, 1.807) is 0 Å². The van der Waals surface area contributed by atoms with E-state index in [0.717, 1.165) is 36.9 Å². The molecule has 0 aliphatic carbocycles. The Bertz CT molecular complexity index is 580. The van der Waals surface area contributed by atoms with Crippen molar-refractivity contribution < 1.29 is 4.79 Å². The third kappa shape index (κ3) is 8.16. The second-order valence-electron chi connectivity index (χ2n) is 6.78. The molecule has 7 heteroatoms. The molecule has 5 nitrogen and oxygen atoms in total. The second kappa shape index (κ2) is 11.7. The zero-order chi connectivity index (χ0) is 18.1. The molecule has 26 heavy (non-hydrogen) atoms. The molecule has 1 amide bonds. The average Bonchev–Trinajstić information content (AvgIpc) is 2.59. The Balaban J connectivity index is 0.00000338. The van der Waals surface area contributed by atoms with Gasteiger partial charge in [0.1, 0.15) is 0 Å². The molecular weight excluding hydrogens is 459 g/mol. The lowest BCUT2D eigenvalue weighted by molar-refractivity contribution is -0.121. The number of amides is 1. The van der Waals surface area contributed by atoms with Crippen LogP contribution in [0.2, 0.25) is 0 Å². The SMILES string of the molecule is CCNC(=NCCC(=O)NCc1ccccc1)N1CCSC(C)(C)C1.I. The summed E-state index contributed by atoms with van der Waals surface area (Å²) in [4.78, 5) is 19.0. The fourth-order valence-electron chi connectivity index (χ4n) is 2.77. The van der Waals surface area contributed by atoms with Crippen LogP contribution in [0.5, 0.6) is 0 Å². The van der Waals surface area contributed by atoms with Gasteiger partial charge in [-0.15, -0.1) is 24.0 Å². The third-order valence-electron chi connectivity index (χ3n) is 3.99. The Morgan fingerprint density at radius 1 is 1.27 bits per heavy atom. The van der Waals surface area contributed by atoms with Crippen LogP contribution in [-0.2, 0) is 11.3 Å². The maximum atomic E-state index is 12.0. The average molecular weight is 490 g/mol. The molecule has 146 valence electrons. The highest BCUT2D eigenvalue weighted by molar-refractivity contribution is 14.0. The van der Waals surface area contributed by atoms with Gasteiger partial charge in [0.2, 0.25) is 5.91 Å². The van der Waals surface area contributed by atoms with Crippen molar-refractivity contribution in [1.82, 2.24) is 15.5 Å². The summed E-state index contributed by atoms with van der Waals surface area (Å²) in [7, 11) is 0. The van der Waals surface area contributed by atoms with E-state index in [4.69, 9.17) is 0 Å². The smallest absolute Gasteiger partial charge is 0.222 e. The molecule has 0 spiro atoms. The van der Waals surface area contributed by atoms with Crippen molar-refractivity contribution in [1.29, 1.82) is 0 Å². The van der Waals surface area contributed by atoms with Gasteiger partial charge in [0.05, 0.1) is 6.54 Å². The normalized spacial score (nSPS) is 16.6. The summed E-state index contributed by atoms with van der Waals surface area (Å²) < 4.78 is 0.238. The van der Waals surface area contributed by atoms with Crippen LogP contribution in [-0.4, -0.2) is 53.4 Å². The number of aliphatic imine (C=N–C) groups is 1. The second-order valence-corrected chi connectivity index (χ2v) is 8.58. The fraction of sp³-hybridized carbons (Fsp3) is 0.579. The van der Waals surface area contributed by atoms with Crippen molar-refractivity contribution >= 4 is 47.6 Å². The van der Waals surface area contributed by atoms with Gasteiger partial charge >= 0.3 is 0 Å². The number of rotatable bonds is 6. The Labute approximate surface area is 178 Å². The highest BCUT2D eigenvalue weighted by atomic mass is 127. The number of benzene rings is 1. The summed E-state index contributed by atoms with van der Waals surface area (Å²) in [5, 5.41) is 6.31. The molecule has 0 radical (unpaired) electrons. The number of carbonyl (C=O) groups excluding carboxylic acids is 1. The van der Waals surface area contributed by atoms with Crippen molar-refractivity contribution in [2.24, 2.45) is 4.99 Å². The first-order valence-corrected chi connectivity index (χ1v) is 9.96. The lowest BCUT2D eigenvalue weighted by Crippen LogP contribution is -2.51. The van der Waals surface area contributed by atoms with E-state index in [2.05, 4.69) is 41.3 Å². The van der Waals surface area contributed by atoms with Crippen molar-refractivity contribution in [2.45, 2.75) is 38.5 Å². The molecule has 1 aromatic carbocycles. The van der Waals surface area contributed by atoms with Crippen LogP contribution < -0.4 is 10.6 Å². The molecule has 0 aromatic heterocycles. The van der Waals surface area contributed by atoms with E-state index in [1.165, 1.54) is 0 Å². The fourth-order valence-corrected chi connectivity index (χ4v) is 3.88. The molecule has 2 N–H and O–H groups in total. The van der Waals surface area contributed by atoms with E-state index in [1.807, 2.05) is 42.1 Å². The van der Waals surface area contributed by atoms with Gasteiger partial charge in [0.15, 0.2) is 5.96 Å². The Morgan fingerprint density at radius 2 is 2.00 bits per heavy atom. The van der Waals surface area contributed by atoms with Gasteiger partial charge in [-0.2, -0.15) is 11.8 Å². The van der Waals surface area contributed by atoms with Gasteiger partial charge in [-0.25, -0.2) is 0 Å². The third-order valence-corrected chi connectivity index (χ3v) is 5.29. The van der Waals surface area contributed by atoms with E-state index >= 15 is 0 Å². The zero-order valence-electron chi connectivity index (χ0n) is 16.0. The van der Waals surface area contributed by atoms with Crippen molar-refractivity contribution in [2.75, 3.05) is 31.9 Å². The van der Waals surface area contributed by atoms with Crippen molar-refractivity contribution in [3.05, 3.63) is 35.9 Å². The molecule has 1 aliphatic rings. The minimum Gasteiger partial charge on any atom is -0.357 e. The minimum absolute atomic E-state index is 0. The van der Waals surface area contributed by atoms with Crippen LogP contribution in [0, 0.1) is 0 Å². The predicted molar refractivity (Wildman–Crippen MR) is 122 cm³/mol. The summed E-state index contributed by atoms with van der Waals surface area (Å²) in [5.74, 6) is 2.07. The molecule has 2 rings (SSSR count). The summed E-state index contributed by atoms with van der Waals surface area (Å²) in [6.45, 7) is 10.5. The van der Waals surface area contributed by atoms with Crippen molar-refractivity contribution in [3.63, 3.8) is 0 Å². The van der Waals surface area contributed by atoms with Crippen LogP contribution in [0.3, 0.4) is 0 Å². The van der Waals surface area contributed by atoms with E-state index in [0.29, 0.717) is 19.5 Å². The predicted octanol–water partition coefficient (Wildman–Crippen LogP) is 3.10. The molecule has 1 aromatic rings. The van der Waals surface area contributed by atoms with Crippen molar-refractivity contribution in [3.8, 4) is 0 Å². The highest BCUT2D eigenvalue weighted by Gasteiger charge is 2.28. The molecule has 1 saturated heterocycles. The first-order chi connectivity index (χ1) is 12.0. The topological polar surface area (TPSA) is 56.7 Å². The minimum atomic E-state index is 0. The first kappa shape index (κ1) is 23.1. The quantitative estimate of drug-likeness (QED) is 0.366. The van der Waals surface area contributed by atoms with Crippen LogP contribution in [0.4, 0.5) is 0 Å². The molecule has 0 unspecified atom stereocenters. The van der Waals surface area contributed by atoms with Crippen LogP contribution >= 0.6 is 35.7 Å². The van der Waals surface area contributed by atoms with Crippen LogP contribution in [0.25, 0.3) is 0 Å². The van der Waals surface area contributed by atoms with E-state index in [-0.39, 0.29) is 34.6 Å². The molecule has 0 atom stereocenters. The molecule has 1 fully saturated rings. The van der Waals surface area contributed by atoms with Gasteiger partial charge in [-0.3, -0.25) is 9.79 Å². The lowest BCUT2D eigenvalue weighted by Gasteiger charge is -2.39. The van der Waals surface area contributed by atoms with E-state index in [9.17, 15) is 4.79 Å². The molecular formula is C19H31IN4OS. The lowest BCUT2D eigenvalue weighted by atomic mass is 10.2. The standard InChI is InChI=1S/C19H30N4OS.HI/c1-4-20-18(23-12-13-25-19(2,3)15-23)21-11-10-17(24)22-14-16-8-6-5-7-9-16;/h5-9H,4,10-15H2,1-3H3,(H,20,21)(H,22,24);1H. The molecule has 1 heterocycles. The van der Waals surface area contributed by atoms with Gasteiger partial charge in [-0.05, 0) is 26.3 Å². The number of hydrogen-bond acceptors (Lipinski definition) is 3. The molecule has 0 saturated carbocycles. The number of guanidine groups is 1. The van der Waals surface area contributed by atoms with Gasteiger partial charge in [0, 0.05) is 43.1 Å². The largest absolute Gasteiger partial charge is 0.357 e. The van der Waals surface area contributed by atoms with E-state index < -0.39 is 0 Å². The number of nitrogens with one attached hydrogen (secondary N) is 2. The number of thioether (sulfide) groups is 1. The Hall–Kier alpha value is -0.960. The number of carbonyl (C=O) groups is 1. The summed E-state index contributed by atoms with van der Waals surface area (Å²) in [5.41, 5.74) is 1.11. The zero-order valence-corrected chi connectivity index (χ0v) is 19.1. The first-order valence-electron chi connectivity index (χ1n) is 8.98. The maximum absolute atomic E-state index is 12.0.